The van der Waals surface area contributed by atoms with Crippen LogP contribution in [0.5, 0.6) is 0 Å². The molecule has 5 heteroatoms. The van der Waals surface area contributed by atoms with Crippen LogP contribution in [-0.2, 0) is 10.8 Å². The van der Waals surface area contributed by atoms with Gasteiger partial charge in [0, 0.05) is 39.9 Å². The predicted molar refractivity (Wildman–Crippen MR) is 230 cm³/mol. The molecule has 57 heavy (non-hydrogen) atoms. The number of hydrogen-bond donors (Lipinski definition) is 0. The summed E-state index contributed by atoms with van der Waals surface area (Å²) >= 11 is 0. The second-order valence-corrected chi connectivity index (χ2v) is 16.8. The molecule has 2 fully saturated rings. The Morgan fingerprint density at radius 2 is 1.23 bits per heavy atom. The van der Waals surface area contributed by atoms with Gasteiger partial charge in [0.15, 0.2) is 5.82 Å². The molecule has 2 aliphatic rings. The third-order valence-electron chi connectivity index (χ3n) is 12.8. The Hall–Kier alpha value is -6.51. The molecular weight excluding hydrogens is 695 g/mol. The molecule has 2 bridgehead atoms. The van der Waals surface area contributed by atoms with Crippen LogP contribution in [0.15, 0.2) is 152 Å². The third kappa shape index (κ3) is 6.17. The van der Waals surface area contributed by atoms with E-state index in [0.717, 1.165) is 74.9 Å². The van der Waals surface area contributed by atoms with Crippen LogP contribution in [0.2, 0.25) is 0 Å². The van der Waals surface area contributed by atoms with Crippen LogP contribution in [0.3, 0.4) is 0 Å². The summed E-state index contributed by atoms with van der Waals surface area (Å²) in [5, 5.41) is 11.7. The number of benzene rings is 5. The van der Waals surface area contributed by atoms with Crippen LogP contribution in [0.1, 0.15) is 62.6 Å². The summed E-state index contributed by atoms with van der Waals surface area (Å²) in [4.78, 5) is 20.6. The van der Waals surface area contributed by atoms with Gasteiger partial charge in [-0.1, -0.05) is 123 Å². The number of nitriles is 1. The van der Waals surface area contributed by atoms with Crippen molar-refractivity contribution in [3.8, 4) is 51.1 Å². The second kappa shape index (κ2) is 13.9. The lowest BCUT2D eigenvalue weighted by Crippen LogP contribution is -2.48. The van der Waals surface area contributed by atoms with Gasteiger partial charge >= 0.3 is 0 Å². The maximum Gasteiger partial charge on any atom is 0.160 e. The number of aromatic nitrogens is 4. The van der Waals surface area contributed by atoms with E-state index in [4.69, 9.17) is 19.9 Å². The lowest BCUT2D eigenvalue weighted by atomic mass is 9.49. The Balaban J connectivity index is 1.10. The molecule has 0 spiro atoms. The standard InChI is InChI=1S/C52H43N5/c1-34-27-36-30-51(2,33-52(29-34,31-36)45-24-21-40(42-15-9-26-55-49(42)45)37-19-17-35(32-53)18-20-37)44-23-22-41(43-16-10-25-54-48(43)44)47-28-46(38-11-5-3-6-12-38)56-50(57-47)39-13-7-4-8-14-39/h3-26,28,34,36H,27,29-31,33H2,1-2H3. The Morgan fingerprint density at radius 3 is 1.95 bits per heavy atom. The van der Waals surface area contributed by atoms with E-state index in [2.05, 4.69) is 123 Å². The Labute approximate surface area is 334 Å². The lowest BCUT2D eigenvalue weighted by Gasteiger charge is -2.55. The molecule has 0 saturated heterocycles. The molecule has 8 aromatic rings. The minimum absolute atomic E-state index is 0.0350. The fraction of sp³-hybridized carbons (Fsp3) is 0.212. The number of nitrogens with zero attached hydrogens (tertiary/aromatic N) is 5. The summed E-state index contributed by atoms with van der Waals surface area (Å²) in [5.41, 5.74) is 12.5. The zero-order valence-corrected chi connectivity index (χ0v) is 32.4. The highest BCUT2D eigenvalue weighted by atomic mass is 14.9. The third-order valence-corrected chi connectivity index (χ3v) is 12.8. The van der Waals surface area contributed by atoms with Crippen molar-refractivity contribution in [2.75, 3.05) is 0 Å². The van der Waals surface area contributed by atoms with Crippen LogP contribution in [-0.4, -0.2) is 19.9 Å². The highest BCUT2D eigenvalue weighted by Crippen LogP contribution is 2.60. The van der Waals surface area contributed by atoms with E-state index in [0.29, 0.717) is 23.2 Å². The normalized spacial score (nSPS) is 21.6. The van der Waals surface area contributed by atoms with Crippen LogP contribution in [0.25, 0.3) is 66.8 Å². The second-order valence-electron chi connectivity index (χ2n) is 16.8. The highest BCUT2D eigenvalue weighted by molar-refractivity contribution is 5.98. The van der Waals surface area contributed by atoms with Crippen molar-refractivity contribution in [1.29, 1.82) is 5.26 Å². The van der Waals surface area contributed by atoms with Gasteiger partial charge in [-0.25, -0.2) is 9.97 Å². The van der Waals surface area contributed by atoms with E-state index < -0.39 is 0 Å². The minimum Gasteiger partial charge on any atom is -0.256 e. The zero-order valence-electron chi connectivity index (χ0n) is 32.4. The summed E-state index contributed by atoms with van der Waals surface area (Å²) in [7, 11) is 0. The highest BCUT2D eigenvalue weighted by Gasteiger charge is 2.52. The van der Waals surface area contributed by atoms with E-state index in [1.165, 1.54) is 29.4 Å². The maximum absolute atomic E-state index is 9.43. The average Bonchev–Trinajstić information content (AvgIpc) is 3.25. The molecule has 0 radical (unpaired) electrons. The summed E-state index contributed by atoms with van der Waals surface area (Å²) in [6.45, 7) is 4.95. The van der Waals surface area contributed by atoms with Gasteiger partial charge in [-0.15, -0.1) is 0 Å². The smallest absolute Gasteiger partial charge is 0.160 e. The van der Waals surface area contributed by atoms with Gasteiger partial charge in [-0.05, 0) is 107 Å². The van der Waals surface area contributed by atoms with Crippen molar-refractivity contribution in [1.82, 2.24) is 19.9 Å². The van der Waals surface area contributed by atoms with Gasteiger partial charge in [0.25, 0.3) is 0 Å². The quantitative estimate of drug-likeness (QED) is 0.170. The molecule has 0 N–H and O–H groups in total. The molecule has 276 valence electrons. The Kier molecular flexibility index (Phi) is 8.52. The molecule has 10 rings (SSSR count). The van der Waals surface area contributed by atoms with Gasteiger partial charge in [0.1, 0.15) is 0 Å². The van der Waals surface area contributed by atoms with Crippen molar-refractivity contribution in [3.63, 3.8) is 0 Å². The molecule has 2 saturated carbocycles. The van der Waals surface area contributed by atoms with Crippen LogP contribution >= 0.6 is 0 Å². The van der Waals surface area contributed by atoms with E-state index in [1.54, 1.807) is 0 Å². The first-order valence-corrected chi connectivity index (χ1v) is 20.2. The molecule has 0 amide bonds. The first kappa shape index (κ1) is 34.9. The first-order valence-electron chi connectivity index (χ1n) is 20.2. The molecular formula is C52H43N5. The number of fused-ring (bicyclic) bond motifs is 4. The summed E-state index contributed by atoms with van der Waals surface area (Å²) in [6.07, 6.45) is 9.60. The monoisotopic (exact) mass is 737 g/mol. The number of hydrogen-bond acceptors (Lipinski definition) is 5. The summed E-state index contributed by atoms with van der Waals surface area (Å²) < 4.78 is 0. The molecule has 3 aromatic heterocycles. The fourth-order valence-corrected chi connectivity index (χ4v) is 10.8. The van der Waals surface area contributed by atoms with Crippen LogP contribution in [0.4, 0.5) is 0 Å². The van der Waals surface area contributed by atoms with Gasteiger partial charge in [-0.3, -0.25) is 9.97 Å². The molecule has 3 heterocycles. The van der Waals surface area contributed by atoms with Crippen molar-refractivity contribution in [3.05, 3.63) is 169 Å². The van der Waals surface area contributed by atoms with Crippen molar-refractivity contribution in [2.24, 2.45) is 11.8 Å². The average molecular weight is 738 g/mol. The predicted octanol–water partition coefficient (Wildman–Crippen LogP) is 12.5. The Bertz CT molecular complexity index is 2770. The molecule has 0 aliphatic heterocycles. The molecule has 5 nitrogen and oxygen atoms in total. The molecule has 4 unspecified atom stereocenters. The summed E-state index contributed by atoms with van der Waals surface area (Å²) in [5.74, 6) is 1.92. The largest absolute Gasteiger partial charge is 0.256 e. The van der Waals surface area contributed by atoms with Gasteiger partial charge < -0.3 is 0 Å². The molecule has 2 aliphatic carbocycles. The summed E-state index contributed by atoms with van der Waals surface area (Å²) in [6, 6.07) is 50.8. The van der Waals surface area contributed by atoms with Crippen LogP contribution in [0, 0.1) is 23.2 Å². The van der Waals surface area contributed by atoms with E-state index in [-0.39, 0.29) is 10.8 Å². The van der Waals surface area contributed by atoms with Gasteiger partial charge in [0.2, 0.25) is 0 Å². The SMILES string of the molecule is CC1CC2CC(C)(c3ccc(-c4cc(-c5ccccc5)nc(-c5ccccc5)n4)c4cccnc34)CC(c3ccc(-c4ccc(C#N)cc4)c4cccnc34)(C1)C2. The van der Waals surface area contributed by atoms with Crippen molar-refractivity contribution >= 4 is 21.8 Å². The topological polar surface area (TPSA) is 75.3 Å². The van der Waals surface area contributed by atoms with E-state index in [9.17, 15) is 5.26 Å². The number of pyridine rings is 2. The van der Waals surface area contributed by atoms with Crippen molar-refractivity contribution < 1.29 is 0 Å². The minimum atomic E-state index is -0.114. The fourth-order valence-electron chi connectivity index (χ4n) is 10.8. The van der Waals surface area contributed by atoms with E-state index >= 15 is 0 Å². The molecule has 5 aromatic carbocycles. The Morgan fingerprint density at radius 1 is 0.596 bits per heavy atom. The van der Waals surface area contributed by atoms with E-state index in [1.807, 2.05) is 48.8 Å². The number of rotatable bonds is 6. The first-order chi connectivity index (χ1) is 27.9. The maximum atomic E-state index is 9.43. The lowest BCUT2D eigenvalue weighted by molar-refractivity contribution is 0.0605. The molecule has 4 atom stereocenters. The van der Waals surface area contributed by atoms with Crippen LogP contribution < -0.4 is 0 Å². The van der Waals surface area contributed by atoms with Gasteiger partial charge in [-0.2, -0.15) is 5.26 Å². The zero-order chi connectivity index (χ0) is 38.6. The van der Waals surface area contributed by atoms with Gasteiger partial charge in [0.05, 0.1) is 34.1 Å². The van der Waals surface area contributed by atoms with Crippen molar-refractivity contribution in [2.45, 2.75) is 56.8 Å².